The number of ether oxygens (including phenoxy) is 1. The van der Waals surface area contributed by atoms with E-state index in [0.717, 1.165) is 0 Å². The third-order valence-electron chi connectivity index (χ3n) is 1.05. The van der Waals surface area contributed by atoms with Gasteiger partial charge in [0.1, 0.15) is 17.7 Å². The largest absolute Gasteiger partial charge is 0.408 e. The SMILES string of the molecule is [CH2]C#COc1ccc(F)cc1. The Hall–Kier alpha value is -1.49. The van der Waals surface area contributed by atoms with Crippen LogP contribution in [-0.4, -0.2) is 0 Å². The van der Waals surface area contributed by atoms with Gasteiger partial charge in [-0.15, -0.1) is 0 Å². The number of hydrogen-bond acceptors (Lipinski definition) is 1. The highest BCUT2D eigenvalue weighted by molar-refractivity contribution is 5.24. The lowest BCUT2D eigenvalue weighted by Gasteiger charge is -1.94. The number of rotatable bonds is 1. The molecular weight excluding hydrogens is 143 g/mol. The van der Waals surface area contributed by atoms with E-state index in [9.17, 15) is 4.39 Å². The van der Waals surface area contributed by atoms with Gasteiger partial charge in [-0.1, -0.05) is 5.92 Å². The lowest BCUT2D eigenvalue weighted by molar-refractivity contribution is 0.516. The zero-order valence-electron chi connectivity index (χ0n) is 5.80. The maximum Gasteiger partial charge on any atom is 0.140 e. The molecule has 0 spiro atoms. The van der Waals surface area contributed by atoms with Crippen LogP contribution in [0.15, 0.2) is 24.3 Å². The van der Waals surface area contributed by atoms with Crippen LogP contribution >= 0.6 is 0 Å². The summed E-state index contributed by atoms with van der Waals surface area (Å²) in [5.74, 6) is 2.54. The summed E-state index contributed by atoms with van der Waals surface area (Å²) in [5.41, 5.74) is 0. The van der Waals surface area contributed by atoms with Crippen LogP contribution in [0.4, 0.5) is 4.39 Å². The summed E-state index contributed by atoms with van der Waals surface area (Å²) < 4.78 is 17.1. The number of halogens is 1. The highest BCUT2D eigenvalue weighted by Gasteiger charge is 1.90. The third kappa shape index (κ3) is 2.30. The Morgan fingerprint density at radius 2 is 1.91 bits per heavy atom. The van der Waals surface area contributed by atoms with Gasteiger partial charge in [-0.2, -0.15) is 0 Å². The first-order valence-corrected chi connectivity index (χ1v) is 3.02. The first-order valence-electron chi connectivity index (χ1n) is 3.02. The Morgan fingerprint density at radius 3 is 2.45 bits per heavy atom. The maximum atomic E-state index is 12.3. The van der Waals surface area contributed by atoms with Crippen LogP contribution in [0.5, 0.6) is 5.75 Å². The smallest absolute Gasteiger partial charge is 0.140 e. The second kappa shape index (κ2) is 3.62. The van der Waals surface area contributed by atoms with Crippen LogP contribution in [0.25, 0.3) is 0 Å². The molecule has 0 atom stereocenters. The molecule has 0 aliphatic rings. The summed E-state index contributed by atoms with van der Waals surface area (Å²) in [6, 6.07) is 5.61. The molecule has 0 unspecified atom stereocenters. The normalized spacial score (nSPS) is 8.18. The van der Waals surface area contributed by atoms with Crippen molar-refractivity contribution in [1.82, 2.24) is 0 Å². The summed E-state index contributed by atoms with van der Waals surface area (Å²) in [6.07, 6.45) is 2.30. The van der Waals surface area contributed by atoms with Crippen LogP contribution in [-0.2, 0) is 0 Å². The predicted octanol–water partition coefficient (Wildman–Crippen LogP) is 2.00. The lowest BCUT2D eigenvalue weighted by atomic mass is 10.3. The summed E-state index contributed by atoms with van der Waals surface area (Å²) in [7, 11) is 0. The first kappa shape index (κ1) is 7.62. The zero-order chi connectivity index (χ0) is 8.10. The molecule has 2 heteroatoms. The molecular formula is C9H6FO. The van der Waals surface area contributed by atoms with E-state index in [0.29, 0.717) is 5.75 Å². The van der Waals surface area contributed by atoms with Crippen molar-refractivity contribution in [2.45, 2.75) is 0 Å². The molecule has 0 heterocycles. The van der Waals surface area contributed by atoms with E-state index >= 15 is 0 Å². The minimum absolute atomic E-state index is 0.292. The quantitative estimate of drug-likeness (QED) is 0.555. The second-order valence-electron chi connectivity index (χ2n) is 1.83. The van der Waals surface area contributed by atoms with Gasteiger partial charge in [-0.25, -0.2) is 4.39 Å². The molecule has 11 heavy (non-hydrogen) atoms. The molecule has 0 aromatic heterocycles. The van der Waals surface area contributed by atoms with Gasteiger partial charge in [0, 0.05) is 6.92 Å². The molecule has 1 radical (unpaired) electrons. The summed E-state index contributed by atoms with van der Waals surface area (Å²) in [5, 5.41) is 0. The van der Waals surface area contributed by atoms with E-state index in [1.165, 1.54) is 24.3 Å². The van der Waals surface area contributed by atoms with Crippen molar-refractivity contribution < 1.29 is 9.13 Å². The fourth-order valence-electron chi connectivity index (χ4n) is 0.598. The Bertz CT molecular complexity index is 279. The Balaban J connectivity index is 2.71. The second-order valence-corrected chi connectivity index (χ2v) is 1.83. The Labute approximate surface area is 64.8 Å². The minimum atomic E-state index is -0.292. The van der Waals surface area contributed by atoms with Crippen molar-refractivity contribution in [3.05, 3.63) is 37.0 Å². The molecule has 0 saturated heterocycles. The monoisotopic (exact) mass is 149 g/mol. The van der Waals surface area contributed by atoms with Crippen molar-refractivity contribution in [3.63, 3.8) is 0 Å². The molecule has 0 aliphatic carbocycles. The molecule has 0 N–H and O–H groups in total. The van der Waals surface area contributed by atoms with E-state index in [4.69, 9.17) is 4.74 Å². The highest BCUT2D eigenvalue weighted by Crippen LogP contribution is 2.09. The molecule has 1 nitrogen and oxygen atoms in total. The molecule has 1 aromatic carbocycles. The van der Waals surface area contributed by atoms with E-state index in [-0.39, 0.29) is 5.82 Å². The van der Waals surface area contributed by atoms with Crippen molar-refractivity contribution >= 4 is 0 Å². The van der Waals surface area contributed by atoms with Crippen LogP contribution in [0.2, 0.25) is 0 Å². The standard InChI is InChI=1S/C9H6FO/c1-2-7-11-9-5-3-8(10)4-6-9/h3-6H,1H2. The average Bonchev–Trinajstić information content (AvgIpc) is 2.04. The predicted molar refractivity (Wildman–Crippen MR) is 40.2 cm³/mol. The van der Waals surface area contributed by atoms with Gasteiger partial charge in [0.2, 0.25) is 0 Å². The van der Waals surface area contributed by atoms with Crippen molar-refractivity contribution in [3.8, 4) is 17.8 Å². The molecule has 1 aromatic rings. The van der Waals surface area contributed by atoms with E-state index in [1.54, 1.807) is 0 Å². The lowest BCUT2D eigenvalue weighted by Crippen LogP contribution is -1.81. The number of hydrogen-bond donors (Lipinski definition) is 0. The summed E-state index contributed by atoms with van der Waals surface area (Å²) in [6.45, 7) is 3.26. The molecule has 1 rings (SSSR count). The maximum absolute atomic E-state index is 12.3. The average molecular weight is 149 g/mol. The molecule has 0 amide bonds. The summed E-state index contributed by atoms with van der Waals surface area (Å²) >= 11 is 0. The number of benzene rings is 1. The van der Waals surface area contributed by atoms with Gasteiger partial charge in [-0.05, 0) is 24.3 Å². The highest BCUT2D eigenvalue weighted by atomic mass is 19.1. The van der Waals surface area contributed by atoms with Gasteiger partial charge >= 0.3 is 0 Å². The Kier molecular flexibility index (Phi) is 2.51. The fourth-order valence-corrected chi connectivity index (χ4v) is 0.598. The first-order chi connectivity index (χ1) is 5.33. The van der Waals surface area contributed by atoms with Crippen LogP contribution in [0.1, 0.15) is 0 Å². The van der Waals surface area contributed by atoms with E-state index in [2.05, 4.69) is 19.0 Å². The molecule has 0 bridgehead atoms. The zero-order valence-corrected chi connectivity index (χ0v) is 5.80. The fraction of sp³-hybridized carbons (Fsp3) is 0. The molecule has 55 valence electrons. The van der Waals surface area contributed by atoms with Crippen LogP contribution in [0.3, 0.4) is 0 Å². The minimum Gasteiger partial charge on any atom is -0.408 e. The van der Waals surface area contributed by atoms with Crippen molar-refractivity contribution in [2.24, 2.45) is 0 Å². The van der Waals surface area contributed by atoms with Gasteiger partial charge in [-0.3, -0.25) is 0 Å². The van der Waals surface area contributed by atoms with Gasteiger partial charge in [0.25, 0.3) is 0 Å². The molecule has 0 aliphatic heterocycles. The summed E-state index contributed by atoms with van der Waals surface area (Å²) in [4.78, 5) is 0. The van der Waals surface area contributed by atoms with Gasteiger partial charge < -0.3 is 4.74 Å². The third-order valence-corrected chi connectivity index (χ3v) is 1.05. The van der Waals surface area contributed by atoms with E-state index in [1.807, 2.05) is 0 Å². The van der Waals surface area contributed by atoms with Crippen LogP contribution < -0.4 is 4.74 Å². The molecule has 0 saturated carbocycles. The van der Waals surface area contributed by atoms with Crippen LogP contribution in [0, 0.1) is 24.8 Å². The topological polar surface area (TPSA) is 9.23 Å². The van der Waals surface area contributed by atoms with Crippen molar-refractivity contribution in [1.29, 1.82) is 0 Å². The van der Waals surface area contributed by atoms with Gasteiger partial charge in [0.15, 0.2) is 0 Å². The molecule has 0 fully saturated rings. The van der Waals surface area contributed by atoms with E-state index < -0.39 is 0 Å². The van der Waals surface area contributed by atoms with Crippen molar-refractivity contribution in [2.75, 3.05) is 0 Å². The Morgan fingerprint density at radius 1 is 1.27 bits per heavy atom. The van der Waals surface area contributed by atoms with Gasteiger partial charge in [0.05, 0.1) is 0 Å².